The fourth-order valence-electron chi connectivity index (χ4n) is 3.76. The molecule has 0 aliphatic rings. The maximum absolute atomic E-state index is 12.4. The molecule has 0 saturated carbocycles. The number of carbonyl (C=O) groups is 2. The summed E-state index contributed by atoms with van der Waals surface area (Å²) >= 11 is 0. The Hall–Kier alpha value is -1.74. The van der Waals surface area contributed by atoms with Crippen LogP contribution < -0.4 is 10.6 Å². The number of urea groups is 1. The molecule has 1 aromatic rings. The molecular formula is C34H56N2O6S2. The van der Waals surface area contributed by atoms with Crippen molar-refractivity contribution < 1.29 is 28.5 Å². The van der Waals surface area contributed by atoms with Crippen LogP contribution >= 0.6 is 21.6 Å². The van der Waals surface area contributed by atoms with Crippen molar-refractivity contribution in [1.29, 1.82) is 0 Å². The molecule has 0 saturated heterocycles. The van der Waals surface area contributed by atoms with Gasteiger partial charge in [-0.2, -0.15) is 0 Å². The van der Waals surface area contributed by atoms with E-state index in [0.29, 0.717) is 71.5 Å². The normalized spacial score (nSPS) is 11.8. The first-order valence-electron chi connectivity index (χ1n) is 16.0. The zero-order valence-corrected chi connectivity index (χ0v) is 29.3. The zero-order chi connectivity index (χ0) is 32.3. The van der Waals surface area contributed by atoms with Gasteiger partial charge in [0.15, 0.2) is 0 Å². The van der Waals surface area contributed by atoms with Gasteiger partial charge < -0.3 is 29.6 Å². The molecule has 0 aromatic heterocycles. The average molecular weight is 653 g/mol. The highest BCUT2D eigenvalue weighted by Gasteiger charge is 2.07. The third-order valence-corrected chi connectivity index (χ3v) is 8.75. The third kappa shape index (κ3) is 25.6. The van der Waals surface area contributed by atoms with Gasteiger partial charge in [-0.3, -0.25) is 4.79 Å². The molecule has 0 spiro atoms. The van der Waals surface area contributed by atoms with Crippen LogP contribution in [0.25, 0.3) is 0 Å². The molecule has 1 aromatic carbocycles. The van der Waals surface area contributed by atoms with Gasteiger partial charge >= 0.3 is 6.03 Å². The molecule has 0 unspecified atom stereocenters. The van der Waals surface area contributed by atoms with Gasteiger partial charge in [-0.15, -0.1) is 0 Å². The lowest BCUT2D eigenvalue weighted by Gasteiger charge is -2.12. The highest BCUT2D eigenvalue weighted by atomic mass is 33.1. The lowest BCUT2D eigenvalue weighted by Crippen LogP contribution is -2.36. The smallest absolute Gasteiger partial charge is 0.315 e. The summed E-state index contributed by atoms with van der Waals surface area (Å²) in [6.45, 7) is 15.8. The zero-order valence-electron chi connectivity index (χ0n) is 27.6. The Balaban J connectivity index is 2.00. The van der Waals surface area contributed by atoms with E-state index in [2.05, 4.69) is 48.5 Å². The van der Waals surface area contributed by atoms with E-state index < -0.39 is 0 Å². The standard InChI is InChI=1S/C34H56N2O6S2/c1-28(2)11-8-19-36-34(38)35-18-6-7-22-42-30(5)43-44-33-16-14-31(15-17-33)27-32(37)13-10-21-40-24-26-41-25-23-39-20-9-12-29(3)4/h14-17,28-30H,6-7,9-10,12-13,18-27H2,1-5H3,(H2,35,36,38)/t30-/m1/s1. The Morgan fingerprint density at radius 1 is 0.795 bits per heavy atom. The molecule has 8 nitrogen and oxygen atoms in total. The quantitative estimate of drug-likeness (QED) is 0.0483. The lowest BCUT2D eigenvalue weighted by atomic mass is 10.1. The number of carbonyl (C=O) groups excluding carboxylic acids is 2. The molecule has 2 N–H and O–H groups in total. The van der Waals surface area contributed by atoms with Gasteiger partial charge in [0.05, 0.1) is 33.0 Å². The van der Waals surface area contributed by atoms with E-state index in [1.165, 1.54) is 6.42 Å². The third-order valence-electron chi connectivity index (χ3n) is 6.10. The minimum absolute atomic E-state index is 0.0456. The summed E-state index contributed by atoms with van der Waals surface area (Å²) in [6, 6.07) is 7.96. The summed E-state index contributed by atoms with van der Waals surface area (Å²) < 4.78 is 22.5. The summed E-state index contributed by atoms with van der Waals surface area (Å²) in [6.07, 6.45) is 5.71. The Kier molecular flexibility index (Phi) is 25.2. The van der Waals surface area contributed by atoms with Gasteiger partial charge in [0.25, 0.3) is 0 Å². The Morgan fingerprint density at radius 2 is 1.45 bits per heavy atom. The molecule has 10 heteroatoms. The number of nitrogens with one attached hydrogen (secondary N) is 2. The Labute approximate surface area is 274 Å². The van der Waals surface area contributed by atoms with Crippen LogP contribution in [-0.4, -0.2) is 76.6 Å². The molecule has 1 atom stereocenters. The fraction of sp³-hybridized carbons (Fsp3) is 0.706. The van der Waals surface area contributed by atoms with Crippen molar-refractivity contribution in [2.24, 2.45) is 11.8 Å². The first kappa shape index (κ1) is 40.3. The monoisotopic (exact) mass is 652 g/mol. The van der Waals surface area contributed by atoms with E-state index in [4.69, 9.17) is 18.9 Å². The SMILES string of the molecule is CC(C)C#CCNC(=O)NCCCCO[C@@H](C)SSc1ccc(CC(=O)CCCOCCOCCOCCCC(C)C)cc1. The molecular weight excluding hydrogens is 597 g/mol. The lowest BCUT2D eigenvalue weighted by molar-refractivity contribution is -0.118. The number of rotatable bonds is 26. The minimum atomic E-state index is -0.188. The number of ether oxygens (including phenoxy) is 4. The van der Waals surface area contributed by atoms with Crippen LogP contribution in [0.4, 0.5) is 4.79 Å². The van der Waals surface area contributed by atoms with Crippen molar-refractivity contribution in [3.63, 3.8) is 0 Å². The van der Waals surface area contributed by atoms with Crippen molar-refractivity contribution in [3.8, 4) is 11.8 Å². The molecule has 2 amide bonds. The number of hydrogen-bond donors (Lipinski definition) is 2. The predicted molar refractivity (Wildman–Crippen MR) is 183 cm³/mol. The van der Waals surface area contributed by atoms with Gasteiger partial charge in [0, 0.05) is 50.0 Å². The van der Waals surface area contributed by atoms with Gasteiger partial charge in [0.2, 0.25) is 0 Å². The number of hydrogen-bond acceptors (Lipinski definition) is 8. The first-order valence-corrected chi connectivity index (χ1v) is 18.3. The summed E-state index contributed by atoms with van der Waals surface area (Å²) in [7, 11) is 3.33. The minimum Gasteiger partial charge on any atom is -0.379 e. The highest BCUT2D eigenvalue weighted by Crippen LogP contribution is 2.35. The molecule has 44 heavy (non-hydrogen) atoms. The van der Waals surface area contributed by atoms with Crippen molar-refractivity contribution >= 4 is 33.4 Å². The largest absolute Gasteiger partial charge is 0.379 e. The van der Waals surface area contributed by atoms with E-state index >= 15 is 0 Å². The maximum Gasteiger partial charge on any atom is 0.315 e. The van der Waals surface area contributed by atoms with Gasteiger partial charge in [-0.05, 0) is 62.6 Å². The summed E-state index contributed by atoms with van der Waals surface area (Å²) in [5, 5.41) is 5.56. The van der Waals surface area contributed by atoms with Crippen molar-refractivity contribution in [2.45, 2.75) is 89.9 Å². The van der Waals surface area contributed by atoms with E-state index in [0.717, 1.165) is 48.7 Å². The highest BCUT2D eigenvalue weighted by molar-refractivity contribution is 8.76. The number of ketones is 1. The van der Waals surface area contributed by atoms with Crippen LogP contribution in [0.3, 0.4) is 0 Å². The molecule has 0 fully saturated rings. The number of unbranched alkanes of at least 4 members (excludes halogenated alkanes) is 1. The average Bonchev–Trinajstić information content (AvgIpc) is 2.98. The molecule has 0 radical (unpaired) electrons. The Morgan fingerprint density at radius 3 is 2.11 bits per heavy atom. The second kappa shape index (κ2) is 27.6. The maximum atomic E-state index is 12.4. The number of Topliss-reactive ketones (excluding diaryl/α,β-unsaturated/α-hetero) is 1. The van der Waals surface area contributed by atoms with Crippen molar-refractivity contribution in [1.82, 2.24) is 10.6 Å². The van der Waals surface area contributed by atoms with Crippen LogP contribution in [0.15, 0.2) is 29.2 Å². The van der Waals surface area contributed by atoms with E-state index in [-0.39, 0.29) is 17.3 Å². The van der Waals surface area contributed by atoms with Gasteiger partial charge in [0.1, 0.15) is 11.2 Å². The second-order valence-electron chi connectivity index (χ2n) is 11.2. The summed E-state index contributed by atoms with van der Waals surface area (Å²) in [4.78, 5) is 25.2. The second-order valence-corrected chi connectivity index (χ2v) is 13.8. The predicted octanol–water partition coefficient (Wildman–Crippen LogP) is 6.91. The number of benzene rings is 1. The first-order chi connectivity index (χ1) is 21.3. The van der Waals surface area contributed by atoms with Crippen LogP contribution in [0, 0.1) is 23.7 Å². The number of amides is 2. The summed E-state index contributed by atoms with van der Waals surface area (Å²) in [5.74, 6) is 7.19. The molecule has 250 valence electrons. The molecule has 1 rings (SSSR count). The van der Waals surface area contributed by atoms with E-state index in [1.807, 2.05) is 32.9 Å². The van der Waals surface area contributed by atoms with Crippen LogP contribution in [0.1, 0.15) is 78.7 Å². The van der Waals surface area contributed by atoms with Crippen LogP contribution in [0.5, 0.6) is 0 Å². The van der Waals surface area contributed by atoms with Gasteiger partial charge in [-0.1, -0.05) is 73.3 Å². The fourth-order valence-corrected chi connectivity index (χ4v) is 5.64. The molecule has 0 aliphatic heterocycles. The van der Waals surface area contributed by atoms with E-state index in [1.54, 1.807) is 21.6 Å². The molecule has 0 bridgehead atoms. The topological polar surface area (TPSA) is 95.1 Å². The van der Waals surface area contributed by atoms with Crippen molar-refractivity contribution in [2.75, 3.05) is 59.3 Å². The van der Waals surface area contributed by atoms with E-state index in [9.17, 15) is 9.59 Å². The van der Waals surface area contributed by atoms with Gasteiger partial charge in [-0.25, -0.2) is 4.79 Å². The van der Waals surface area contributed by atoms with Crippen LogP contribution in [0.2, 0.25) is 0 Å². The van der Waals surface area contributed by atoms with Crippen LogP contribution in [-0.2, 0) is 30.2 Å². The van der Waals surface area contributed by atoms with Crippen molar-refractivity contribution in [3.05, 3.63) is 29.8 Å². The summed E-state index contributed by atoms with van der Waals surface area (Å²) in [5.41, 5.74) is 1.07. The molecule has 0 aliphatic carbocycles. The Bertz CT molecular complexity index is 934. The molecule has 0 heterocycles.